The molecule has 0 atom stereocenters. The molecule has 0 unspecified atom stereocenters. The molecule has 1 amide bonds. The number of hydrogen-bond donors (Lipinski definition) is 1. The Morgan fingerprint density at radius 2 is 2.00 bits per heavy atom. The molecule has 7 nitrogen and oxygen atoms in total. The van der Waals surface area contributed by atoms with Gasteiger partial charge in [0.25, 0.3) is 5.69 Å². The maximum Gasteiger partial charge on any atom is 0.273 e. The highest BCUT2D eigenvalue weighted by atomic mass is 35.5. The molecule has 1 N–H and O–H groups in total. The molecule has 9 heteroatoms. The van der Waals surface area contributed by atoms with Crippen molar-refractivity contribution in [2.24, 2.45) is 5.10 Å². The number of benzene rings is 2. The average Bonchev–Trinajstić information content (AvgIpc) is 2.61. The van der Waals surface area contributed by atoms with E-state index in [1.807, 2.05) is 0 Å². The quantitative estimate of drug-likeness (QED) is 0.329. The Kier molecular flexibility index (Phi) is 7.17. The van der Waals surface area contributed by atoms with Crippen LogP contribution in [-0.4, -0.2) is 23.7 Å². The van der Waals surface area contributed by atoms with E-state index >= 15 is 0 Å². The monoisotopic (exact) mass is 405 g/mol. The smallest absolute Gasteiger partial charge is 0.273 e. The number of para-hydroxylation sites is 1. The van der Waals surface area contributed by atoms with E-state index in [-0.39, 0.29) is 40.1 Å². The van der Waals surface area contributed by atoms with Gasteiger partial charge in [-0.2, -0.15) is 5.10 Å². The van der Waals surface area contributed by atoms with E-state index in [9.17, 15) is 14.9 Å². The van der Waals surface area contributed by atoms with Crippen molar-refractivity contribution in [2.45, 2.75) is 6.42 Å². The van der Waals surface area contributed by atoms with Crippen LogP contribution in [0.2, 0.25) is 10.0 Å². The molecule has 138 valence electrons. The minimum atomic E-state index is -0.542. The van der Waals surface area contributed by atoms with Crippen molar-refractivity contribution >= 4 is 41.0 Å². The first-order chi connectivity index (χ1) is 12.9. The molecule has 0 aliphatic rings. The first kappa shape index (κ1) is 20.2. The van der Waals surface area contributed by atoms with Crippen molar-refractivity contribution in [3.8, 4) is 18.1 Å². The predicted octanol–water partition coefficient (Wildman–Crippen LogP) is 3.61. The highest BCUT2D eigenvalue weighted by molar-refractivity contribution is 6.37. The van der Waals surface area contributed by atoms with Crippen molar-refractivity contribution in [3.05, 3.63) is 67.7 Å². The Bertz CT molecular complexity index is 915. The molecule has 27 heavy (non-hydrogen) atoms. The molecular formula is C18H13Cl2N3O4. The van der Waals surface area contributed by atoms with Gasteiger partial charge in [-0.05, 0) is 17.7 Å². The summed E-state index contributed by atoms with van der Waals surface area (Å²) in [6.45, 7) is 0.0224. The number of ether oxygens (including phenoxy) is 1. The van der Waals surface area contributed by atoms with Gasteiger partial charge in [-0.15, -0.1) is 6.42 Å². The predicted molar refractivity (Wildman–Crippen MR) is 103 cm³/mol. The van der Waals surface area contributed by atoms with Gasteiger partial charge in [0, 0.05) is 11.6 Å². The minimum Gasteiger partial charge on any atom is -0.478 e. The molecule has 0 heterocycles. The molecular weight excluding hydrogens is 393 g/mol. The van der Waals surface area contributed by atoms with Gasteiger partial charge < -0.3 is 4.74 Å². The SMILES string of the molecule is C#CCOc1c(Cl)cc(/C=N/NC(=O)Cc2ccccc2[N+](=O)[O-])cc1Cl. The standard InChI is InChI=1S/C18H13Cl2N3O4/c1-2-7-27-18-14(19)8-12(9-15(18)20)11-21-22-17(24)10-13-5-3-4-6-16(13)23(25)26/h1,3-6,8-9,11H,7,10H2,(H,22,24)/b21-11+. The van der Waals surface area contributed by atoms with Gasteiger partial charge in [0.15, 0.2) is 5.75 Å². The zero-order valence-electron chi connectivity index (χ0n) is 13.8. The summed E-state index contributed by atoms with van der Waals surface area (Å²) in [5.41, 5.74) is 2.98. The van der Waals surface area contributed by atoms with Gasteiger partial charge in [0.05, 0.1) is 27.6 Å². The van der Waals surface area contributed by atoms with E-state index in [4.69, 9.17) is 34.4 Å². The second kappa shape index (κ2) is 9.57. The first-order valence-electron chi connectivity index (χ1n) is 7.52. The van der Waals surface area contributed by atoms with Crippen LogP contribution in [0, 0.1) is 22.5 Å². The molecule has 0 aromatic heterocycles. The Labute approximate surface area is 165 Å². The summed E-state index contributed by atoms with van der Waals surface area (Å²) in [7, 11) is 0. The van der Waals surface area contributed by atoms with Crippen LogP contribution in [-0.2, 0) is 11.2 Å². The molecule has 0 bridgehead atoms. The van der Waals surface area contributed by atoms with Gasteiger partial charge in [-0.1, -0.05) is 47.3 Å². The fourth-order valence-corrected chi connectivity index (χ4v) is 2.75. The summed E-state index contributed by atoms with van der Waals surface area (Å²) in [4.78, 5) is 22.4. The Morgan fingerprint density at radius 3 is 2.63 bits per heavy atom. The summed E-state index contributed by atoms with van der Waals surface area (Å²) in [6, 6.07) is 9.07. The second-order valence-electron chi connectivity index (χ2n) is 5.16. The Balaban J connectivity index is 2.02. The van der Waals surface area contributed by atoms with Crippen molar-refractivity contribution in [1.82, 2.24) is 5.43 Å². The zero-order valence-corrected chi connectivity index (χ0v) is 15.3. The molecule has 0 saturated heterocycles. The maximum atomic E-state index is 11.9. The second-order valence-corrected chi connectivity index (χ2v) is 5.98. The number of hydrazone groups is 1. The number of carbonyl (C=O) groups is 1. The fourth-order valence-electron chi connectivity index (χ4n) is 2.14. The third kappa shape index (κ3) is 5.71. The first-order valence-corrected chi connectivity index (χ1v) is 8.27. The van der Waals surface area contributed by atoms with E-state index in [0.717, 1.165) is 0 Å². The molecule has 0 aliphatic heterocycles. The largest absolute Gasteiger partial charge is 0.478 e. The number of nitro benzene ring substituents is 1. The topological polar surface area (TPSA) is 93.8 Å². The number of nitrogens with zero attached hydrogens (tertiary/aromatic N) is 2. The number of nitro groups is 1. The summed E-state index contributed by atoms with van der Waals surface area (Å²) in [6.07, 6.45) is 6.27. The average molecular weight is 406 g/mol. The lowest BCUT2D eigenvalue weighted by molar-refractivity contribution is -0.385. The summed E-state index contributed by atoms with van der Waals surface area (Å²) in [5, 5.41) is 15.2. The molecule has 2 aromatic rings. The summed E-state index contributed by atoms with van der Waals surface area (Å²) >= 11 is 12.2. The highest BCUT2D eigenvalue weighted by Crippen LogP contribution is 2.33. The lowest BCUT2D eigenvalue weighted by atomic mass is 10.1. The van der Waals surface area contributed by atoms with Gasteiger partial charge in [-0.3, -0.25) is 14.9 Å². The third-order valence-corrected chi connectivity index (χ3v) is 3.82. The third-order valence-electron chi connectivity index (χ3n) is 3.26. The van der Waals surface area contributed by atoms with Crippen LogP contribution < -0.4 is 10.2 Å². The van der Waals surface area contributed by atoms with Crippen LogP contribution in [0.4, 0.5) is 5.69 Å². The molecule has 2 rings (SSSR count). The lowest BCUT2D eigenvalue weighted by Gasteiger charge is -2.08. The molecule has 0 radical (unpaired) electrons. The number of hydrogen-bond acceptors (Lipinski definition) is 5. The van der Waals surface area contributed by atoms with Gasteiger partial charge >= 0.3 is 0 Å². The van der Waals surface area contributed by atoms with E-state index in [0.29, 0.717) is 5.56 Å². The molecule has 0 fully saturated rings. The van der Waals surface area contributed by atoms with Gasteiger partial charge in [0.2, 0.25) is 5.91 Å². The number of nitrogens with one attached hydrogen (secondary N) is 1. The van der Waals surface area contributed by atoms with E-state index in [2.05, 4.69) is 16.4 Å². The molecule has 0 spiro atoms. The van der Waals surface area contributed by atoms with Crippen molar-refractivity contribution in [2.75, 3.05) is 6.61 Å². The summed E-state index contributed by atoms with van der Waals surface area (Å²) in [5.74, 6) is 2.06. The van der Waals surface area contributed by atoms with Crippen LogP contribution >= 0.6 is 23.2 Å². The lowest BCUT2D eigenvalue weighted by Crippen LogP contribution is -2.20. The maximum absolute atomic E-state index is 11.9. The number of rotatable bonds is 7. The number of amides is 1. The van der Waals surface area contributed by atoms with Crippen LogP contribution in [0.25, 0.3) is 0 Å². The van der Waals surface area contributed by atoms with Crippen LogP contribution in [0.3, 0.4) is 0 Å². The number of carbonyl (C=O) groups excluding carboxylic acids is 1. The molecule has 0 aliphatic carbocycles. The normalized spacial score (nSPS) is 10.4. The van der Waals surface area contributed by atoms with Crippen LogP contribution in [0.15, 0.2) is 41.5 Å². The number of terminal acetylenes is 1. The summed E-state index contributed by atoms with van der Waals surface area (Å²) < 4.78 is 5.24. The highest BCUT2D eigenvalue weighted by Gasteiger charge is 2.15. The van der Waals surface area contributed by atoms with Gasteiger partial charge in [-0.25, -0.2) is 5.43 Å². The van der Waals surface area contributed by atoms with Crippen LogP contribution in [0.5, 0.6) is 5.75 Å². The van der Waals surface area contributed by atoms with Crippen molar-refractivity contribution < 1.29 is 14.5 Å². The van der Waals surface area contributed by atoms with E-state index < -0.39 is 10.8 Å². The fraction of sp³-hybridized carbons (Fsp3) is 0.111. The van der Waals surface area contributed by atoms with E-state index in [1.54, 1.807) is 6.07 Å². The Morgan fingerprint density at radius 1 is 1.33 bits per heavy atom. The molecule has 0 saturated carbocycles. The number of halogens is 2. The van der Waals surface area contributed by atoms with Crippen LogP contribution in [0.1, 0.15) is 11.1 Å². The Hall–Kier alpha value is -3.08. The van der Waals surface area contributed by atoms with Gasteiger partial charge in [0.1, 0.15) is 6.61 Å². The zero-order chi connectivity index (χ0) is 19.8. The van der Waals surface area contributed by atoms with Crippen molar-refractivity contribution in [1.29, 1.82) is 0 Å². The minimum absolute atomic E-state index is 0.0224. The van der Waals surface area contributed by atoms with Crippen molar-refractivity contribution in [3.63, 3.8) is 0 Å². The van der Waals surface area contributed by atoms with E-state index in [1.165, 1.54) is 36.5 Å². The molecule has 2 aromatic carbocycles.